The second-order valence-corrected chi connectivity index (χ2v) is 13.7. The largest absolute Gasteiger partial charge is 0.353 e. The summed E-state index contributed by atoms with van der Waals surface area (Å²) in [6.45, 7) is 13.7. The Morgan fingerprint density at radius 2 is 1.84 bits per heavy atom. The van der Waals surface area contributed by atoms with Gasteiger partial charge in [0.15, 0.2) is 5.65 Å². The van der Waals surface area contributed by atoms with Crippen LogP contribution in [0, 0.1) is 13.8 Å². The zero-order valence-electron chi connectivity index (χ0n) is 22.9. The monoisotopic (exact) mass is 535 g/mol. The molecule has 0 saturated carbocycles. The van der Waals surface area contributed by atoms with Crippen LogP contribution in [-0.2, 0) is 9.84 Å². The molecule has 9 nitrogen and oxygen atoms in total. The number of nitrogens with one attached hydrogen (secondary N) is 1. The SMILES string of the molecule is Cc1c(-c2[nH]c3ccc(N4CCN(C5CCS(=O)(=O)CC5)C[C@@H]4C)nc3c2C(C)C)cn2ncnc2c1C. The van der Waals surface area contributed by atoms with E-state index in [2.05, 4.69) is 77.8 Å². The molecule has 202 valence electrons. The van der Waals surface area contributed by atoms with E-state index in [1.807, 2.05) is 4.52 Å². The third-order valence-electron chi connectivity index (χ3n) is 8.63. The highest BCUT2D eigenvalue weighted by Crippen LogP contribution is 2.38. The van der Waals surface area contributed by atoms with E-state index >= 15 is 0 Å². The minimum absolute atomic E-state index is 0.282. The van der Waals surface area contributed by atoms with Gasteiger partial charge in [-0.1, -0.05) is 13.8 Å². The fourth-order valence-corrected chi connectivity index (χ4v) is 7.83. The van der Waals surface area contributed by atoms with E-state index in [4.69, 9.17) is 4.98 Å². The first-order chi connectivity index (χ1) is 18.1. The van der Waals surface area contributed by atoms with Crippen molar-refractivity contribution in [3.8, 4) is 11.3 Å². The standard InChI is InChI=1S/C28H37N7O2S/c1-17(2)25-26(22-15-35-28(29-16-30-35)20(5)19(22)4)31-23-6-7-24(32-27(23)25)34-11-10-33(14-18(34)3)21-8-12-38(36,37)13-9-21/h6-7,15-18,21,31H,8-14H2,1-5H3/t18-/m0/s1. The van der Waals surface area contributed by atoms with Crippen LogP contribution < -0.4 is 4.90 Å². The third kappa shape index (κ3) is 4.27. The molecule has 0 unspecified atom stereocenters. The van der Waals surface area contributed by atoms with Crippen LogP contribution in [0.2, 0.25) is 0 Å². The summed E-state index contributed by atoms with van der Waals surface area (Å²) in [5, 5.41) is 4.40. The zero-order chi connectivity index (χ0) is 26.8. The molecule has 0 aromatic carbocycles. The highest BCUT2D eigenvalue weighted by molar-refractivity contribution is 7.91. The number of rotatable bonds is 4. The number of hydrogen-bond donors (Lipinski definition) is 1. The number of aromatic amines is 1. The van der Waals surface area contributed by atoms with E-state index < -0.39 is 9.84 Å². The van der Waals surface area contributed by atoms with Gasteiger partial charge >= 0.3 is 0 Å². The molecule has 4 aromatic rings. The van der Waals surface area contributed by atoms with Gasteiger partial charge < -0.3 is 9.88 Å². The zero-order valence-corrected chi connectivity index (χ0v) is 23.7. The van der Waals surface area contributed by atoms with Crippen molar-refractivity contribution in [3.05, 3.63) is 41.3 Å². The highest BCUT2D eigenvalue weighted by atomic mass is 32.2. The molecule has 2 aliphatic rings. The first-order valence-electron chi connectivity index (χ1n) is 13.7. The van der Waals surface area contributed by atoms with Crippen LogP contribution in [0.5, 0.6) is 0 Å². The van der Waals surface area contributed by atoms with Crippen LogP contribution in [0.15, 0.2) is 24.7 Å². The van der Waals surface area contributed by atoms with Crippen molar-refractivity contribution in [1.29, 1.82) is 0 Å². The molecule has 0 bridgehead atoms. The Labute approximate surface area is 224 Å². The maximum absolute atomic E-state index is 11.9. The lowest BCUT2D eigenvalue weighted by atomic mass is 9.95. The smallest absolute Gasteiger partial charge is 0.158 e. The van der Waals surface area contributed by atoms with Gasteiger partial charge in [0.2, 0.25) is 0 Å². The van der Waals surface area contributed by atoms with E-state index in [1.54, 1.807) is 6.33 Å². The van der Waals surface area contributed by atoms with Crippen LogP contribution in [0.4, 0.5) is 5.82 Å². The summed E-state index contributed by atoms with van der Waals surface area (Å²) in [5.41, 5.74) is 8.72. The van der Waals surface area contributed by atoms with Gasteiger partial charge in [0.1, 0.15) is 22.0 Å². The maximum Gasteiger partial charge on any atom is 0.158 e. The number of nitrogens with zero attached hydrogens (tertiary/aromatic N) is 6. The molecule has 2 aliphatic heterocycles. The van der Waals surface area contributed by atoms with Crippen molar-refractivity contribution in [2.24, 2.45) is 0 Å². The molecule has 0 spiro atoms. The Morgan fingerprint density at radius 3 is 2.55 bits per heavy atom. The van der Waals surface area contributed by atoms with E-state index in [0.717, 1.165) is 71.8 Å². The number of anilines is 1. The maximum atomic E-state index is 11.9. The van der Waals surface area contributed by atoms with E-state index in [-0.39, 0.29) is 5.92 Å². The Hall–Kier alpha value is -2.98. The molecule has 2 saturated heterocycles. The number of aryl methyl sites for hydroxylation is 1. The second-order valence-electron chi connectivity index (χ2n) is 11.4. The molecule has 1 N–H and O–H groups in total. The number of pyridine rings is 2. The fraction of sp³-hybridized carbons (Fsp3) is 0.536. The minimum atomic E-state index is -2.84. The molecule has 6 heterocycles. The normalized spacial score (nSPS) is 21.2. The van der Waals surface area contributed by atoms with E-state index in [1.165, 1.54) is 11.1 Å². The van der Waals surface area contributed by atoms with Crippen molar-refractivity contribution in [3.63, 3.8) is 0 Å². The average Bonchev–Trinajstić information content (AvgIpc) is 3.50. The Bertz CT molecular complexity index is 1610. The quantitative estimate of drug-likeness (QED) is 0.420. The van der Waals surface area contributed by atoms with Crippen LogP contribution in [0.1, 0.15) is 56.2 Å². The molecular formula is C28H37N7O2S. The van der Waals surface area contributed by atoms with E-state index in [0.29, 0.717) is 23.6 Å². The van der Waals surface area contributed by atoms with Gasteiger partial charge in [-0.2, -0.15) is 5.10 Å². The molecule has 0 aliphatic carbocycles. The Balaban J connectivity index is 1.32. The van der Waals surface area contributed by atoms with Gasteiger partial charge in [0.05, 0.1) is 28.2 Å². The number of aromatic nitrogens is 5. The van der Waals surface area contributed by atoms with Gasteiger partial charge in [-0.3, -0.25) is 4.90 Å². The summed E-state index contributed by atoms with van der Waals surface area (Å²) in [6.07, 6.45) is 5.18. The lowest BCUT2D eigenvalue weighted by Crippen LogP contribution is -2.56. The van der Waals surface area contributed by atoms with Crippen molar-refractivity contribution in [2.75, 3.05) is 36.0 Å². The molecule has 2 fully saturated rings. The topological polar surface area (TPSA) is 99.5 Å². The summed E-state index contributed by atoms with van der Waals surface area (Å²) in [6, 6.07) is 4.96. The first-order valence-corrected chi connectivity index (χ1v) is 15.5. The predicted molar refractivity (Wildman–Crippen MR) is 152 cm³/mol. The molecule has 4 aromatic heterocycles. The molecule has 1 atom stereocenters. The summed E-state index contributed by atoms with van der Waals surface area (Å²) in [5.74, 6) is 1.93. The third-order valence-corrected chi connectivity index (χ3v) is 10.3. The van der Waals surface area contributed by atoms with Crippen LogP contribution in [0.3, 0.4) is 0 Å². The molecule has 0 radical (unpaired) electrons. The summed E-state index contributed by atoms with van der Waals surface area (Å²) in [4.78, 5) is 18.2. The van der Waals surface area contributed by atoms with Crippen LogP contribution >= 0.6 is 0 Å². The van der Waals surface area contributed by atoms with Crippen LogP contribution in [-0.4, -0.2) is 81.1 Å². The molecule has 6 rings (SSSR count). The number of fused-ring (bicyclic) bond motifs is 2. The van der Waals surface area contributed by atoms with Gasteiger partial charge in [0, 0.05) is 49.0 Å². The molecule has 0 amide bonds. The first kappa shape index (κ1) is 25.3. The van der Waals surface area contributed by atoms with Gasteiger partial charge in [-0.05, 0) is 62.8 Å². The lowest BCUT2D eigenvalue weighted by molar-refractivity contribution is 0.154. The predicted octanol–water partition coefficient (Wildman–Crippen LogP) is 4.10. The van der Waals surface area contributed by atoms with Gasteiger partial charge in [0.25, 0.3) is 0 Å². The average molecular weight is 536 g/mol. The van der Waals surface area contributed by atoms with Crippen molar-refractivity contribution in [2.45, 2.75) is 65.5 Å². The number of sulfone groups is 1. The fourth-order valence-electron chi connectivity index (χ4n) is 6.36. The molecule has 38 heavy (non-hydrogen) atoms. The van der Waals surface area contributed by atoms with Gasteiger partial charge in [-0.25, -0.2) is 22.9 Å². The van der Waals surface area contributed by atoms with Crippen molar-refractivity contribution < 1.29 is 8.42 Å². The lowest BCUT2D eigenvalue weighted by Gasteiger charge is -2.44. The molecule has 10 heteroatoms. The summed E-state index contributed by atoms with van der Waals surface area (Å²) in [7, 11) is -2.84. The summed E-state index contributed by atoms with van der Waals surface area (Å²) >= 11 is 0. The minimum Gasteiger partial charge on any atom is -0.353 e. The highest BCUT2D eigenvalue weighted by Gasteiger charge is 2.33. The van der Waals surface area contributed by atoms with Gasteiger partial charge in [-0.15, -0.1) is 0 Å². The van der Waals surface area contributed by atoms with E-state index in [9.17, 15) is 8.42 Å². The Kier molecular flexibility index (Phi) is 6.22. The van der Waals surface area contributed by atoms with Crippen LogP contribution in [0.25, 0.3) is 27.9 Å². The summed E-state index contributed by atoms with van der Waals surface area (Å²) < 4.78 is 25.6. The number of H-pyrrole nitrogens is 1. The van der Waals surface area contributed by atoms with Crippen molar-refractivity contribution >= 4 is 32.3 Å². The number of hydrogen-bond acceptors (Lipinski definition) is 7. The second kappa shape index (κ2) is 9.34. The van der Waals surface area contributed by atoms with Crippen molar-refractivity contribution in [1.82, 2.24) is 29.5 Å². The Morgan fingerprint density at radius 1 is 1.08 bits per heavy atom. The number of piperazine rings is 1. The molecular weight excluding hydrogens is 498 g/mol.